The second-order valence-corrected chi connectivity index (χ2v) is 8.77. The number of piperazine rings is 1. The molecular formula is C18H27N5O4S. The van der Waals surface area contributed by atoms with Crippen LogP contribution in [0, 0.1) is 0 Å². The highest BCUT2D eigenvalue weighted by atomic mass is 32.2. The van der Waals surface area contributed by atoms with Crippen molar-refractivity contribution in [2.45, 2.75) is 44.7 Å². The summed E-state index contributed by atoms with van der Waals surface area (Å²) < 4.78 is 6.77. The number of fused-ring (bicyclic) bond motifs is 1. The Hall–Kier alpha value is -2.23. The molecule has 0 radical (unpaired) electrons. The standard InChI is InChI=1S/C18H27N5O4S/c1-5-27-17(26)22-8-6-21(7-9-22)16(25)15(24)19-14-12-10-28-11-13(12)20-23(14)18(2,3)4/h5-11H2,1-4H3,(H,19,24). The molecule has 0 aliphatic carbocycles. The molecule has 9 nitrogen and oxygen atoms in total. The van der Waals surface area contributed by atoms with Crippen LogP contribution < -0.4 is 5.32 Å². The van der Waals surface area contributed by atoms with Crippen molar-refractivity contribution < 1.29 is 19.1 Å². The molecule has 154 valence electrons. The molecule has 0 unspecified atom stereocenters. The summed E-state index contributed by atoms with van der Waals surface area (Å²) in [4.78, 5) is 40.1. The highest BCUT2D eigenvalue weighted by Gasteiger charge is 2.32. The number of nitrogens with zero attached hydrogens (tertiary/aromatic N) is 4. The molecule has 2 aliphatic heterocycles. The zero-order chi connectivity index (χ0) is 20.5. The first-order valence-corrected chi connectivity index (χ1v) is 10.6. The number of carbonyl (C=O) groups is 3. The van der Waals surface area contributed by atoms with Crippen LogP contribution in [-0.2, 0) is 31.4 Å². The number of ether oxygens (including phenoxy) is 1. The van der Waals surface area contributed by atoms with E-state index in [1.54, 1.807) is 28.3 Å². The molecular weight excluding hydrogens is 382 g/mol. The summed E-state index contributed by atoms with van der Waals surface area (Å²) in [6, 6.07) is 0. The second kappa shape index (κ2) is 8.02. The van der Waals surface area contributed by atoms with Crippen molar-refractivity contribution in [1.29, 1.82) is 0 Å². The summed E-state index contributed by atoms with van der Waals surface area (Å²) in [7, 11) is 0. The third kappa shape index (κ3) is 4.11. The van der Waals surface area contributed by atoms with E-state index in [-0.39, 0.29) is 11.6 Å². The van der Waals surface area contributed by atoms with Crippen molar-refractivity contribution in [2.75, 3.05) is 38.1 Å². The molecule has 0 atom stereocenters. The van der Waals surface area contributed by atoms with E-state index in [1.165, 1.54) is 4.90 Å². The lowest BCUT2D eigenvalue weighted by molar-refractivity contribution is -0.144. The maximum atomic E-state index is 12.7. The van der Waals surface area contributed by atoms with Crippen LogP contribution >= 0.6 is 11.8 Å². The number of amides is 3. The number of aromatic nitrogens is 2. The van der Waals surface area contributed by atoms with Crippen LogP contribution in [-0.4, -0.2) is 70.3 Å². The molecule has 1 aromatic heterocycles. The van der Waals surface area contributed by atoms with Crippen LogP contribution in [0.3, 0.4) is 0 Å². The lowest BCUT2D eigenvalue weighted by Gasteiger charge is -2.33. The van der Waals surface area contributed by atoms with E-state index in [2.05, 4.69) is 10.4 Å². The van der Waals surface area contributed by atoms with Gasteiger partial charge in [-0.1, -0.05) is 0 Å². The molecule has 1 fully saturated rings. The average molecular weight is 410 g/mol. The van der Waals surface area contributed by atoms with Gasteiger partial charge in [0.2, 0.25) is 0 Å². The van der Waals surface area contributed by atoms with E-state index in [0.29, 0.717) is 38.6 Å². The molecule has 3 rings (SSSR count). The van der Waals surface area contributed by atoms with Gasteiger partial charge in [-0.2, -0.15) is 16.9 Å². The van der Waals surface area contributed by atoms with E-state index < -0.39 is 11.8 Å². The largest absolute Gasteiger partial charge is 0.450 e. The van der Waals surface area contributed by atoms with Gasteiger partial charge in [-0.15, -0.1) is 0 Å². The normalized spacial score (nSPS) is 16.7. The van der Waals surface area contributed by atoms with Crippen LogP contribution in [0.25, 0.3) is 0 Å². The van der Waals surface area contributed by atoms with E-state index in [1.807, 2.05) is 20.8 Å². The van der Waals surface area contributed by atoms with Gasteiger partial charge in [-0.25, -0.2) is 9.48 Å². The second-order valence-electron chi connectivity index (χ2n) is 7.78. The number of anilines is 1. The molecule has 1 N–H and O–H groups in total. The molecule has 0 aromatic carbocycles. The minimum atomic E-state index is -0.672. The van der Waals surface area contributed by atoms with Gasteiger partial charge in [0.25, 0.3) is 0 Å². The molecule has 0 bridgehead atoms. The Morgan fingerprint density at radius 3 is 2.36 bits per heavy atom. The van der Waals surface area contributed by atoms with Crippen LogP contribution in [0.15, 0.2) is 0 Å². The number of rotatable bonds is 2. The van der Waals surface area contributed by atoms with Crippen molar-refractivity contribution >= 4 is 35.5 Å². The monoisotopic (exact) mass is 409 g/mol. The molecule has 1 aromatic rings. The first-order valence-electron chi connectivity index (χ1n) is 9.43. The lowest BCUT2D eigenvalue weighted by atomic mass is 10.1. The van der Waals surface area contributed by atoms with Crippen LogP contribution in [0.4, 0.5) is 10.6 Å². The zero-order valence-corrected chi connectivity index (χ0v) is 17.6. The Balaban J connectivity index is 1.66. The third-order valence-electron chi connectivity index (χ3n) is 4.71. The molecule has 10 heteroatoms. The fourth-order valence-corrected chi connectivity index (χ4v) is 4.27. The van der Waals surface area contributed by atoms with E-state index >= 15 is 0 Å². The number of nitrogens with one attached hydrogen (secondary N) is 1. The molecule has 3 amide bonds. The predicted molar refractivity (Wildman–Crippen MR) is 106 cm³/mol. The van der Waals surface area contributed by atoms with E-state index in [4.69, 9.17) is 4.74 Å². The van der Waals surface area contributed by atoms with Gasteiger partial charge in [0.15, 0.2) is 0 Å². The summed E-state index contributed by atoms with van der Waals surface area (Å²) in [5, 5.41) is 7.43. The fourth-order valence-electron chi connectivity index (χ4n) is 3.24. The zero-order valence-electron chi connectivity index (χ0n) is 16.8. The smallest absolute Gasteiger partial charge is 0.409 e. The van der Waals surface area contributed by atoms with Crippen LogP contribution in [0.1, 0.15) is 39.0 Å². The van der Waals surface area contributed by atoms with E-state index in [9.17, 15) is 14.4 Å². The Bertz CT molecular complexity index is 778. The predicted octanol–water partition coefficient (Wildman–Crippen LogP) is 1.62. The topological polar surface area (TPSA) is 96.8 Å². The molecule has 1 saturated heterocycles. The first-order chi connectivity index (χ1) is 13.2. The van der Waals surface area contributed by atoms with Crippen molar-refractivity contribution in [3.05, 3.63) is 11.3 Å². The quantitative estimate of drug-likeness (QED) is 0.746. The van der Waals surface area contributed by atoms with Crippen molar-refractivity contribution in [1.82, 2.24) is 19.6 Å². The van der Waals surface area contributed by atoms with Crippen molar-refractivity contribution in [2.24, 2.45) is 0 Å². The van der Waals surface area contributed by atoms with Gasteiger partial charge in [0.1, 0.15) is 5.82 Å². The summed E-state index contributed by atoms with van der Waals surface area (Å²) in [6.45, 7) is 9.39. The van der Waals surface area contributed by atoms with Gasteiger partial charge < -0.3 is 19.9 Å². The summed E-state index contributed by atoms with van der Waals surface area (Å²) >= 11 is 1.74. The minimum absolute atomic E-state index is 0.303. The SMILES string of the molecule is CCOC(=O)N1CCN(C(=O)C(=O)Nc2c3c(nn2C(C)(C)C)CSC3)CC1. The molecule has 0 spiro atoms. The van der Waals surface area contributed by atoms with Gasteiger partial charge in [0, 0.05) is 43.2 Å². The molecule has 28 heavy (non-hydrogen) atoms. The van der Waals surface area contributed by atoms with Crippen molar-refractivity contribution in [3.63, 3.8) is 0 Å². The lowest BCUT2D eigenvalue weighted by Crippen LogP contribution is -2.53. The molecule has 2 aliphatic rings. The fraction of sp³-hybridized carbons (Fsp3) is 0.667. The maximum absolute atomic E-state index is 12.7. The average Bonchev–Trinajstić information content (AvgIpc) is 3.23. The van der Waals surface area contributed by atoms with Gasteiger partial charge >= 0.3 is 17.9 Å². The van der Waals surface area contributed by atoms with Crippen LogP contribution in [0.2, 0.25) is 0 Å². The maximum Gasteiger partial charge on any atom is 0.409 e. The summed E-state index contributed by atoms with van der Waals surface area (Å²) in [6.07, 6.45) is -0.388. The number of carbonyl (C=O) groups excluding carboxylic acids is 3. The molecule has 3 heterocycles. The number of thioether (sulfide) groups is 1. The Morgan fingerprint density at radius 1 is 1.11 bits per heavy atom. The molecule has 0 saturated carbocycles. The summed E-state index contributed by atoms with van der Waals surface area (Å²) in [5.41, 5.74) is 1.64. The van der Waals surface area contributed by atoms with Crippen molar-refractivity contribution in [3.8, 4) is 0 Å². The van der Waals surface area contributed by atoms with E-state index in [0.717, 1.165) is 22.8 Å². The van der Waals surface area contributed by atoms with Gasteiger partial charge in [0.05, 0.1) is 17.8 Å². The Kier molecular flexibility index (Phi) is 5.87. The minimum Gasteiger partial charge on any atom is -0.450 e. The summed E-state index contributed by atoms with van der Waals surface area (Å²) in [5.74, 6) is 0.925. The van der Waals surface area contributed by atoms with Gasteiger partial charge in [-0.05, 0) is 27.7 Å². The van der Waals surface area contributed by atoms with Crippen LogP contribution in [0.5, 0.6) is 0 Å². The highest BCUT2D eigenvalue weighted by molar-refractivity contribution is 7.98. The third-order valence-corrected chi connectivity index (χ3v) is 5.68. The Morgan fingerprint density at radius 2 is 1.75 bits per heavy atom. The number of hydrogen-bond donors (Lipinski definition) is 1. The Labute approximate surface area is 168 Å². The van der Waals surface area contributed by atoms with Gasteiger partial charge in [-0.3, -0.25) is 9.59 Å². The highest BCUT2D eigenvalue weighted by Crippen LogP contribution is 2.37. The first kappa shape index (κ1) is 20.5. The number of hydrogen-bond acceptors (Lipinski definition) is 6.